The lowest BCUT2D eigenvalue weighted by Gasteiger charge is -2.18. The van der Waals surface area contributed by atoms with Gasteiger partial charge in [0.05, 0.1) is 16.1 Å². The zero-order valence-electron chi connectivity index (χ0n) is 18.0. The van der Waals surface area contributed by atoms with Crippen LogP contribution in [0.5, 0.6) is 0 Å². The molecule has 2 N–H and O–H groups in total. The molecule has 0 aliphatic rings. The molecule has 0 saturated heterocycles. The maximum atomic E-state index is 12.5. The number of sulfonamides is 1. The number of anilines is 1. The van der Waals surface area contributed by atoms with Gasteiger partial charge in [0.2, 0.25) is 15.9 Å². The second-order valence-electron chi connectivity index (χ2n) is 6.82. The first-order valence-corrected chi connectivity index (χ1v) is 11.4. The van der Waals surface area contributed by atoms with Gasteiger partial charge in [-0.2, -0.15) is 17.5 Å². The number of rotatable bonds is 9. The van der Waals surface area contributed by atoms with Crippen molar-refractivity contribution < 1.29 is 31.2 Å². The highest BCUT2D eigenvalue weighted by molar-refractivity contribution is 7.89. The first-order valence-electron chi connectivity index (χ1n) is 10.0. The summed E-state index contributed by atoms with van der Waals surface area (Å²) in [5.41, 5.74) is 0.488. The monoisotopic (exact) mass is 483 g/mol. The van der Waals surface area contributed by atoms with E-state index in [4.69, 9.17) is 0 Å². The van der Waals surface area contributed by atoms with Gasteiger partial charge in [-0.3, -0.25) is 9.59 Å². The summed E-state index contributed by atoms with van der Waals surface area (Å²) in [6.45, 7) is 2.68. The molecule has 0 fully saturated rings. The highest BCUT2D eigenvalue weighted by atomic mass is 32.2. The molecule has 2 aromatic rings. The van der Waals surface area contributed by atoms with E-state index in [1.165, 1.54) is 46.8 Å². The van der Waals surface area contributed by atoms with Crippen molar-refractivity contribution in [2.24, 2.45) is 0 Å². The second kappa shape index (κ2) is 11.1. The lowest BCUT2D eigenvalue weighted by Crippen LogP contribution is -2.34. The SMILES string of the molecule is CCN(CC)S(=O)(=O)c1ccc(/C=C/C(=O)Nc2ccccc2C(=O)NCC(F)(F)F)cc1. The molecule has 0 aliphatic carbocycles. The van der Waals surface area contributed by atoms with Crippen LogP contribution in [0, 0.1) is 0 Å². The lowest BCUT2D eigenvalue weighted by atomic mass is 10.1. The molecule has 0 radical (unpaired) electrons. The van der Waals surface area contributed by atoms with E-state index in [9.17, 15) is 31.2 Å². The number of nitrogens with zero attached hydrogens (tertiary/aromatic N) is 1. The van der Waals surface area contributed by atoms with E-state index in [1.807, 2.05) is 0 Å². The molecule has 0 aliphatic heterocycles. The number of para-hydroxylation sites is 1. The number of amides is 2. The van der Waals surface area contributed by atoms with Gasteiger partial charge in [-0.1, -0.05) is 38.1 Å². The Morgan fingerprint density at radius 2 is 1.61 bits per heavy atom. The number of carbonyl (C=O) groups excluding carboxylic acids is 2. The highest BCUT2D eigenvalue weighted by Gasteiger charge is 2.28. The molecule has 33 heavy (non-hydrogen) atoms. The van der Waals surface area contributed by atoms with Crippen molar-refractivity contribution in [2.45, 2.75) is 24.9 Å². The largest absolute Gasteiger partial charge is 0.405 e. The molecule has 2 amide bonds. The Bertz CT molecular complexity index is 1110. The van der Waals surface area contributed by atoms with Crippen molar-refractivity contribution in [3.8, 4) is 0 Å². The van der Waals surface area contributed by atoms with Crippen LogP contribution in [0.1, 0.15) is 29.8 Å². The zero-order chi connectivity index (χ0) is 24.6. The quantitative estimate of drug-likeness (QED) is 0.532. The standard InChI is InChI=1S/C22H24F3N3O4S/c1-3-28(4-2)33(31,32)17-12-9-16(10-13-17)11-14-20(29)27-19-8-6-5-7-18(19)21(30)26-15-22(23,24)25/h5-14H,3-4,15H2,1-2H3,(H,26,30)(H,27,29)/b14-11+. The van der Waals surface area contributed by atoms with Crippen molar-refractivity contribution in [3.63, 3.8) is 0 Å². The van der Waals surface area contributed by atoms with Crippen LogP contribution in [-0.4, -0.2) is 50.3 Å². The molecule has 0 aromatic heterocycles. The fourth-order valence-electron chi connectivity index (χ4n) is 2.88. The van der Waals surface area contributed by atoms with Crippen LogP contribution in [-0.2, 0) is 14.8 Å². The first kappa shape index (κ1) is 26.1. The minimum atomic E-state index is -4.56. The van der Waals surface area contributed by atoms with E-state index in [0.717, 1.165) is 6.08 Å². The Balaban J connectivity index is 2.08. The summed E-state index contributed by atoms with van der Waals surface area (Å²) in [7, 11) is -3.60. The van der Waals surface area contributed by atoms with Gasteiger partial charge >= 0.3 is 6.18 Å². The molecule has 0 atom stereocenters. The highest BCUT2D eigenvalue weighted by Crippen LogP contribution is 2.18. The molecule has 0 heterocycles. The third-order valence-corrected chi connectivity index (χ3v) is 6.59. The summed E-state index contributed by atoms with van der Waals surface area (Å²) >= 11 is 0. The Labute approximate surface area is 190 Å². The molecule has 11 heteroatoms. The summed E-state index contributed by atoms with van der Waals surface area (Å²) in [6, 6.07) is 11.6. The Morgan fingerprint density at radius 1 is 1.00 bits per heavy atom. The number of nitrogens with one attached hydrogen (secondary N) is 2. The van der Waals surface area contributed by atoms with Crippen LogP contribution in [0.3, 0.4) is 0 Å². The fourth-order valence-corrected chi connectivity index (χ4v) is 4.33. The van der Waals surface area contributed by atoms with Gasteiger partial charge in [-0.25, -0.2) is 8.42 Å². The molecule has 0 spiro atoms. The third kappa shape index (κ3) is 7.43. The van der Waals surface area contributed by atoms with Crippen molar-refractivity contribution in [1.29, 1.82) is 0 Å². The molecule has 2 aromatic carbocycles. The number of halogens is 3. The van der Waals surface area contributed by atoms with E-state index in [0.29, 0.717) is 18.7 Å². The summed E-state index contributed by atoms with van der Waals surface area (Å²) in [6.07, 6.45) is -1.95. The van der Waals surface area contributed by atoms with Crippen molar-refractivity contribution in [3.05, 3.63) is 65.7 Å². The zero-order valence-corrected chi connectivity index (χ0v) is 18.8. The lowest BCUT2D eigenvalue weighted by molar-refractivity contribution is -0.123. The maximum Gasteiger partial charge on any atom is 0.405 e. The molecular formula is C22H24F3N3O4S. The van der Waals surface area contributed by atoms with Crippen LogP contribution < -0.4 is 10.6 Å². The van der Waals surface area contributed by atoms with Gasteiger partial charge < -0.3 is 10.6 Å². The minimum Gasteiger partial charge on any atom is -0.343 e. The predicted molar refractivity (Wildman–Crippen MR) is 119 cm³/mol. The predicted octanol–water partition coefficient (Wildman–Crippen LogP) is 3.66. The number of alkyl halides is 3. The van der Waals surface area contributed by atoms with Crippen LogP contribution in [0.4, 0.5) is 18.9 Å². The van der Waals surface area contributed by atoms with Crippen molar-refractivity contribution >= 4 is 33.6 Å². The molecule has 7 nitrogen and oxygen atoms in total. The summed E-state index contributed by atoms with van der Waals surface area (Å²) in [5.74, 6) is -1.59. The molecule has 2 rings (SSSR count). The van der Waals surface area contributed by atoms with Crippen molar-refractivity contribution in [2.75, 3.05) is 25.0 Å². The van der Waals surface area contributed by atoms with Crippen molar-refractivity contribution in [1.82, 2.24) is 9.62 Å². The Morgan fingerprint density at radius 3 is 2.18 bits per heavy atom. The number of benzene rings is 2. The van der Waals surface area contributed by atoms with Gasteiger partial charge in [-0.15, -0.1) is 0 Å². The van der Waals surface area contributed by atoms with Crippen LogP contribution >= 0.6 is 0 Å². The van der Waals surface area contributed by atoms with Crippen LogP contribution in [0.2, 0.25) is 0 Å². The van der Waals surface area contributed by atoms with E-state index in [-0.39, 0.29) is 16.1 Å². The third-order valence-electron chi connectivity index (χ3n) is 4.53. The molecule has 0 saturated carbocycles. The minimum absolute atomic E-state index is 0.0486. The summed E-state index contributed by atoms with van der Waals surface area (Å²) < 4.78 is 63.4. The smallest absolute Gasteiger partial charge is 0.343 e. The topological polar surface area (TPSA) is 95.6 Å². The number of carbonyl (C=O) groups is 2. The average Bonchev–Trinajstić information content (AvgIpc) is 2.77. The second-order valence-corrected chi connectivity index (χ2v) is 8.76. The summed E-state index contributed by atoms with van der Waals surface area (Å²) in [4.78, 5) is 24.4. The van der Waals surface area contributed by atoms with Gasteiger partial charge in [0, 0.05) is 19.2 Å². The maximum absolute atomic E-state index is 12.5. The summed E-state index contributed by atoms with van der Waals surface area (Å²) in [5, 5.41) is 4.21. The van der Waals surface area contributed by atoms with Crippen LogP contribution in [0.15, 0.2) is 59.5 Å². The fraction of sp³-hybridized carbons (Fsp3) is 0.273. The van der Waals surface area contributed by atoms with E-state index < -0.39 is 34.6 Å². The van der Waals surface area contributed by atoms with Gasteiger partial charge in [-0.05, 0) is 35.9 Å². The molecule has 0 unspecified atom stereocenters. The molecular weight excluding hydrogens is 459 g/mol. The Hall–Kier alpha value is -3.18. The normalized spacial score (nSPS) is 12.2. The van der Waals surface area contributed by atoms with E-state index in [2.05, 4.69) is 5.32 Å². The van der Waals surface area contributed by atoms with Gasteiger partial charge in [0.15, 0.2) is 0 Å². The number of hydrogen-bond donors (Lipinski definition) is 2. The Kier molecular flexibility index (Phi) is 8.77. The van der Waals surface area contributed by atoms with E-state index >= 15 is 0 Å². The molecule has 178 valence electrons. The molecule has 0 bridgehead atoms. The number of hydrogen-bond acceptors (Lipinski definition) is 4. The van der Waals surface area contributed by atoms with E-state index in [1.54, 1.807) is 31.3 Å². The van der Waals surface area contributed by atoms with Crippen LogP contribution in [0.25, 0.3) is 6.08 Å². The van der Waals surface area contributed by atoms with Gasteiger partial charge in [0.1, 0.15) is 6.54 Å². The average molecular weight is 484 g/mol. The van der Waals surface area contributed by atoms with Gasteiger partial charge in [0.25, 0.3) is 5.91 Å². The first-order chi connectivity index (χ1) is 15.5.